The van der Waals surface area contributed by atoms with Crippen molar-refractivity contribution in [2.75, 3.05) is 20.3 Å². The predicted molar refractivity (Wildman–Crippen MR) is 91.6 cm³/mol. The van der Waals surface area contributed by atoms with Crippen LogP contribution < -0.4 is 0 Å². The summed E-state index contributed by atoms with van der Waals surface area (Å²) in [6, 6.07) is 0. The molecule has 0 bridgehead atoms. The normalized spacial score (nSPS) is 55.8. The Morgan fingerprint density at radius 2 is 1.96 bits per heavy atom. The summed E-state index contributed by atoms with van der Waals surface area (Å²) in [6.07, 6.45) is 10.8. The minimum atomic E-state index is -0.00222. The van der Waals surface area contributed by atoms with Gasteiger partial charge >= 0.3 is 0 Å². The number of methoxy groups -OCH3 is 1. The molecule has 1 spiro atoms. The van der Waals surface area contributed by atoms with Crippen LogP contribution in [0.5, 0.6) is 0 Å². The Hall–Kier alpha value is -0.410. The van der Waals surface area contributed by atoms with Crippen molar-refractivity contribution < 1.29 is 14.3 Å². The highest BCUT2D eigenvalue weighted by atomic mass is 16.6. The molecule has 4 saturated carbocycles. The zero-order chi connectivity index (χ0) is 16.6. The van der Waals surface area contributed by atoms with E-state index in [1.165, 1.54) is 38.5 Å². The van der Waals surface area contributed by atoms with Gasteiger partial charge in [-0.2, -0.15) is 0 Å². The van der Waals surface area contributed by atoms with Gasteiger partial charge in [0.25, 0.3) is 0 Å². The summed E-state index contributed by atoms with van der Waals surface area (Å²) in [4.78, 5) is 12.5. The van der Waals surface area contributed by atoms with E-state index in [1.54, 1.807) is 0 Å². The molecule has 0 aromatic carbocycles. The second kappa shape index (κ2) is 5.07. The summed E-state index contributed by atoms with van der Waals surface area (Å²) in [5, 5.41) is 0. The first-order chi connectivity index (χ1) is 11.5. The van der Waals surface area contributed by atoms with E-state index in [9.17, 15) is 4.79 Å². The summed E-state index contributed by atoms with van der Waals surface area (Å²) in [5.74, 6) is 3.51. The third-order valence-electron chi connectivity index (χ3n) is 9.18. The van der Waals surface area contributed by atoms with E-state index in [0.29, 0.717) is 17.1 Å². The lowest BCUT2D eigenvalue weighted by atomic mass is 9.44. The molecule has 134 valence electrons. The van der Waals surface area contributed by atoms with Gasteiger partial charge < -0.3 is 9.47 Å². The van der Waals surface area contributed by atoms with Crippen molar-refractivity contribution in [2.45, 2.75) is 70.3 Å². The summed E-state index contributed by atoms with van der Waals surface area (Å²) in [6.45, 7) is 4.20. The van der Waals surface area contributed by atoms with Gasteiger partial charge in [-0.05, 0) is 80.5 Å². The zero-order valence-electron chi connectivity index (χ0n) is 15.3. The van der Waals surface area contributed by atoms with Gasteiger partial charge in [0.15, 0.2) is 0 Å². The van der Waals surface area contributed by atoms with Crippen LogP contribution in [-0.2, 0) is 14.3 Å². The van der Waals surface area contributed by atoms with Gasteiger partial charge in [0, 0.05) is 18.9 Å². The highest BCUT2D eigenvalue weighted by Gasteiger charge is 2.64. The lowest BCUT2D eigenvalue weighted by Crippen LogP contribution is -2.57. The summed E-state index contributed by atoms with van der Waals surface area (Å²) in [5.41, 5.74) is 0.612. The number of epoxide rings is 1. The van der Waals surface area contributed by atoms with E-state index >= 15 is 0 Å². The number of hydrogen-bond acceptors (Lipinski definition) is 3. The summed E-state index contributed by atoms with van der Waals surface area (Å²) in [7, 11) is 1.89. The number of carbonyl (C=O) groups excluding carboxylic acids is 1. The largest absolute Gasteiger partial charge is 0.384 e. The van der Waals surface area contributed by atoms with Crippen LogP contribution >= 0.6 is 0 Å². The molecule has 5 aliphatic rings. The van der Waals surface area contributed by atoms with Gasteiger partial charge in [-0.1, -0.05) is 6.92 Å². The second-order valence-corrected chi connectivity index (χ2v) is 9.91. The first kappa shape index (κ1) is 15.8. The number of Topliss-reactive ketones (excluding diaryl/α,β-unsaturated/α-hetero) is 1. The molecule has 3 nitrogen and oxygen atoms in total. The Morgan fingerprint density at radius 1 is 1.12 bits per heavy atom. The van der Waals surface area contributed by atoms with Crippen LogP contribution in [0.2, 0.25) is 0 Å². The molecule has 0 aromatic rings. The molecule has 1 saturated heterocycles. The molecule has 0 N–H and O–H groups in total. The molecule has 5 fully saturated rings. The lowest BCUT2D eigenvalue weighted by molar-refractivity contribution is -0.156. The predicted octanol–water partition coefficient (Wildman–Crippen LogP) is 3.99. The Morgan fingerprint density at radius 3 is 2.71 bits per heavy atom. The van der Waals surface area contributed by atoms with Crippen LogP contribution in [0.15, 0.2) is 0 Å². The number of carbonyl (C=O) groups is 1. The molecule has 0 radical (unpaired) electrons. The third-order valence-corrected chi connectivity index (χ3v) is 9.18. The number of fused-ring (bicyclic) bond motifs is 5. The Balaban J connectivity index is 1.48. The standard InChI is InChI=1S/C21H32O3/c1-19-8-7-17-15(16(19)5-6-18(19)22)4-3-14-11-20(12-24-20)9-10-21(14,17)13-23-2/h14-17H,3-13H2,1-2H3/t14-,15-,16-,17-,19-,20?,21+/m0/s1. The van der Waals surface area contributed by atoms with Crippen molar-refractivity contribution in [3.8, 4) is 0 Å². The fourth-order valence-corrected chi connectivity index (χ4v) is 7.80. The number of hydrogen-bond donors (Lipinski definition) is 0. The molecule has 4 aliphatic carbocycles. The van der Waals surface area contributed by atoms with Gasteiger partial charge in [0.2, 0.25) is 0 Å². The number of ketones is 1. The van der Waals surface area contributed by atoms with Crippen molar-refractivity contribution in [2.24, 2.45) is 34.5 Å². The van der Waals surface area contributed by atoms with E-state index in [0.717, 1.165) is 50.2 Å². The number of ether oxygens (including phenoxy) is 2. The minimum Gasteiger partial charge on any atom is -0.384 e. The van der Waals surface area contributed by atoms with E-state index in [1.807, 2.05) is 7.11 Å². The quantitative estimate of drug-likeness (QED) is 0.718. The van der Waals surface area contributed by atoms with Gasteiger partial charge in [0.05, 0.1) is 18.8 Å². The first-order valence-corrected chi connectivity index (χ1v) is 10.2. The summed E-state index contributed by atoms with van der Waals surface area (Å²) >= 11 is 0. The fourth-order valence-electron chi connectivity index (χ4n) is 7.80. The van der Waals surface area contributed by atoms with E-state index in [2.05, 4.69) is 6.92 Å². The molecular formula is C21H32O3. The minimum absolute atomic E-state index is 0.00222. The average Bonchev–Trinajstić information content (AvgIpc) is 3.26. The maximum absolute atomic E-state index is 12.5. The molecule has 1 aliphatic heterocycles. The monoisotopic (exact) mass is 332 g/mol. The van der Waals surface area contributed by atoms with Crippen molar-refractivity contribution in [1.29, 1.82) is 0 Å². The van der Waals surface area contributed by atoms with Crippen molar-refractivity contribution >= 4 is 5.78 Å². The molecule has 7 atom stereocenters. The van der Waals surface area contributed by atoms with Gasteiger partial charge in [-0.15, -0.1) is 0 Å². The van der Waals surface area contributed by atoms with E-state index < -0.39 is 0 Å². The molecule has 0 amide bonds. The first-order valence-electron chi connectivity index (χ1n) is 10.2. The molecule has 5 rings (SSSR count). The van der Waals surface area contributed by atoms with Crippen LogP contribution in [0.25, 0.3) is 0 Å². The van der Waals surface area contributed by atoms with Gasteiger partial charge in [-0.25, -0.2) is 0 Å². The third kappa shape index (κ3) is 1.95. The lowest BCUT2D eigenvalue weighted by Gasteiger charge is -2.61. The van der Waals surface area contributed by atoms with Gasteiger partial charge in [0.1, 0.15) is 5.78 Å². The Kier molecular flexibility index (Phi) is 3.34. The maximum Gasteiger partial charge on any atom is 0.139 e. The van der Waals surface area contributed by atoms with Crippen LogP contribution in [0.4, 0.5) is 0 Å². The smallest absolute Gasteiger partial charge is 0.139 e. The van der Waals surface area contributed by atoms with E-state index in [-0.39, 0.29) is 11.0 Å². The summed E-state index contributed by atoms with van der Waals surface area (Å²) < 4.78 is 11.7. The highest BCUT2D eigenvalue weighted by molar-refractivity contribution is 5.87. The topological polar surface area (TPSA) is 38.8 Å². The average molecular weight is 332 g/mol. The fraction of sp³-hybridized carbons (Fsp3) is 0.952. The Bertz CT molecular complexity index is 553. The second-order valence-electron chi connectivity index (χ2n) is 9.91. The maximum atomic E-state index is 12.5. The molecule has 3 heteroatoms. The molecule has 0 aromatic heterocycles. The SMILES string of the molecule is COC[C@]12CCC3(CO3)C[C@@H]1CC[C@@H]1[C@@H]2CC[C@]2(C)C(=O)CC[C@@H]12. The van der Waals surface area contributed by atoms with E-state index in [4.69, 9.17) is 9.47 Å². The molecule has 1 unspecified atom stereocenters. The highest BCUT2D eigenvalue weighted by Crippen LogP contribution is 2.67. The molecule has 24 heavy (non-hydrogen) atoms. The zero-order valence-corrected chi connectivity index (χ0v) is 15.3. The van der Waals surface area contributed by atoms with Crippen LogP contribution in [0, 0.1) is 34.5 Å². The molecular weight excluding hydrogens is 300 g/mol. The Labute approximate surface area is 145 Å². The van der Waals surface area contributed by atoms with Crippen LogP contribution in [0.3, 0.4) is 0 Å². The van der Waals surface area contributed by atoms with Crippen molar-refractivity contribution in [3.05, 3.63) is 0 Å². The van der Waals surface area contributed by atoms with Crippen LogP contribution in [0.1, 0.15) is 64.7 Å². The van der Waals surface area contributed by atoms with Crippen molar-refractivity contribution in [1.82, 2.24) is 0 Å². The van der Waals surface area contributed by atoms with Crippen LogP contribution in [-0.4, -0.2) is 31.7 Å². The molecule has 1 heterocycles. The van der Waals surface area contributed by atoms with Gasteiger partial charge in [-0.3, -0.25) is 4.79 Å². The number of rotatable bonds is 2. The van der Waals surface area contributed by atoms with Crippen molar-refractivity contribution in [3.63, 3.8) is 0 Å².